The standard InChI is InChI=1S/C19H25N5O2S/c1-13-12-20-18(24-9-7-14(8-10-24)23-27(2,25)26)11-15(13)19-21-16-5-3-4-6-17(16)22-19/h3-6,11-12,14,23,25-26H,7-10H2,1-2H3,(H,21,22). The first-order valence-corrected chi connectivity index (χ1v) is 11.0. The van der Waals surface area contributed by atoms with Crippen molar-refractivity contribution in [3.63, 3.8) is 0 Å². The Bertz CT molecular complexity index is 912. The zero-order valence-corrected chi connectivity index (χ0v) is 16.3. The molecule has 4 N–H and O–H groups in total. The van der Waals surface area contributed by atoms with Gasteiger partial charge in [-0.05, 0) is 43.5 Å². The van der Waals surface area contributed by atoms with E-state index < -0.39 is 10.8 Å². The molecule has 1 aromatic carbocycles. The molecule has 7 nitrogen and oxygen atoms in total. The Morgan fingerprint density at radius 1 is 1.22 bits per heavy atom. The van der Waals surface area contributed by atoms with Crippen LogP contribution in [0.1, 0.15) is 18.4 Å². The molecule has 4 rings (SSSR count). The van der Waals surface area contributed by atoms with Gasteiger partial charge in [0.25, 0.3) is 0 Å². The molecule has 144 valence electrons. The molecule has 0 aliphatic carbocycles. The van der Waals surface area contributed by atoms with Crippen molar-refractivity contribution in [1.29, 1.82) is 0 Å². The van der Waals surface area contributed by atoms with Gasteiger partial charge in [0.1, 0.15) is 11.6 Å². The zero-order valence-electron chi connectivity index (χ0n) is 15.5. The molecule has 0 bridgehead atoms. The number of H-pyrrole nitrogens is 1. The molecule has 1 aliphatic rings. The topological polar surface area (TPSA) is 97.3 Å². The number of para-hydroxylation sites is 2. The van der Waals surface area contributed by atoms with Crippen molar-refractivity contribution < 1.29 is 9.11 Å². The summed E-state index contributed by atoms with van der Waals surface area (Å²) in [5.74, 6) is 1.78. The highest BCUT2D eigenvalue weighted by molar-refractivity contribution is 8.22. The number of hydrogen-bond acceptors (Lipinski definition) is 6. The summed E-state index contributed by atoms with van der Waals surface area (Å²) in [6.07, 6.45) is 5.02. The summed E-state index contributed by atoms with van der Waals surface area (Å²) in [7, 11) is -2.66. The van der Waals surface area contributed by atoms with E-state index in [4.69, 9.17) is 4.98 Å². The zero-order chi connectivity index (χ0) is 19.0. The van der Waals surface area contributed by atoms with Crippen LogP contribution in [0.5, 0.6) is 0 Å². The number of benzene rings is 1. The van der Waals surface area contributed by atoms with E-state index in [2.05, 4.69) is 25.7 Å². The fraction of sp³-hybridized carbons (Fsp3) is 0.368. The van der Waals surface area contributed by atoms with Gasteiger partial charge >= 0.3 is 0 Å². The van der Waals surface area contributed by atoms with Gasteiger partial charge in [-0.1, -0.05) is 12.1 Å². The van der Waals surface area contributed by atoms with Crippen molar-refractivity contribution >= 4 is 27.6 Å². The molecule has 1 fully saturated rings. The molecule has 0 amide bonds. The Morgan fingerprint density at radius 2 is 1.96 bits per heavy atom. The minimum Gasteiger partial charge on any atom is -0.356 e. The lowest BCUT2D eigenvalue weighted by Gasteiger charge is -2.38. The van der Waals surface area contributed by atoms with Crippen LogP contribution in [-0.2, 0) is 0 Å². The van der Waals surface area contributed by atoms with Gasteiger partial charge in [0.2, 0.25) is 0 Å². The van der Waals surface area contributed by atoms with Gasteiger partial charge in [-0.2, -0.15) is 0 Å². The van der Waals surface area contributed by atoms with Crippen molar-refractivity contribution in [3.8, 4) is 11.4 Å². The van der Waals surface area contributed by atoms with Crippen LogP contribution in [0.25, 0.3) is 22.4 Å². The summed E-state index contributed by atoms with van der Waals surface area (Å²) in [5, 5.41) is 0. The quantitative estimate of drug-likeness (QED) is 0.544. The predicted octanol–water partition coefficient (Wildman–Crippen LogP) is 3.79. The average Bonchev–Trinajstić information content (AvgIpc) is 3.05. The molecule has 0 saturated carbocycles. The van der Waals surface area contributed by atoms with Gasteiger partial charge in [0, 0.05) is 37.1 Å². The molecule has 0 radical (unpaired) electrons. The van der Waals surface area contributed by atoms with Gasteiger partial charge in [-0.25, -0.2) is 14.7 Å². The Hall–Kier alpha value is -2.13. The third-order valence-corrected chi connectivity index (χ3v) is 5.72. The second-order valence-electron chi connectivity index (χ2n) is 7.17. The van der Waals surface area contributed by atoms with Gasteiger partial charge in [0.15, 0.2) is 0 Å². The number of fused-ring (bicyclic) bond motifs is 1. The second-order valence-corrected chi connectivity index (χ2v) is 9.08. The minimum atomic E-state index is -2.66. The highest BCUT2D eigenvalue weighted by Crippen LogP contribution is 2.32. The van der Waals surface area contributed by atoms with E-state index in [0.29, 0.717) is 0 Å². The summed E-state index contributed by atoms with van der Waals surface area (Å²) in [5.41, 5.74) is 4.11. The summed E-state index contributed by atoms with van der Waals surface area (Å²) >= 11 is 0. The van der Waals surface area contributed by atoms with Crippen molar-refractivity contribution in [3.05, 3.63) is 42.1 Å². The lowest BCUT2D eigenvalue weighted by molar-refractivity contribution is 0.420. The molecule has 3 aromatic rings. The van der Waals surface area contributed by atoms with E-state index in [1.807, 2.05) is 37.4 Å². The molecule has 0 atom stereocenters. The predicted molar refractivity (Wildman–Crippen MR) is 111 cm³/mol. The van der Waals surface area contributed by atoms with Crippen molar-refractivity contribution in [2.24, 2.45) is 0 Å². The largest absolute Gasteiger partial charge is 0.356 e. The summed E-state index contributed by atoms with van der Waals surface area (Å²) in [4.78, 5) is 15.0. The lowest BCUT2D eigenvalue weighted by Crippen LogP contribution is -2.43. The fourth-order valence-electron chi connectivity index (χ4n) is 3.56. The Kier molecular flexibility index (Phi) is 4.81. The number of nitrogens with one attached hydrogen (secondary N) is 2. The normalized spacial score (nSPS) is 16.8. The van der Waals surface area contributed by atoms with Gasteiger partial charge < -0.3 is 9.88 Å². The molecule has 1 aliphatic heterocycles. The van der Waals surface area contributed by atoms with Crippen molar-refractivity contribution in [1.82, 2.24) is 19.7 Å². The molecule has 27 heavy (non-hydrogen) atoms. The number of aromatic amines is 1. The Balaban J connectivity index is 1.55. The van der Waals surface area contributed by atoms with Crippen LogP contribution in [0.4, 0.5) is 5.82 Å². The molecular formula is C19H25N5O2S. The molecule has 3 heterocycles. The summed E-state index contributed by atoms with van der Waals surface area (Å²) in [6, 6.07) is 10.2. The van der Waals surface area contributed by atoms with Gasteiger partial charge in [0.05, 0.1) is 11.0 Å². The number of pyridine rings is 1. The van der Waals surface area contributed by atoms with E-state index in [1.165, 1.54) is 6.26 Å². The van der Waals surface area contributed by atoms with Crippen LogP contribution in [0.2, 0.25) is 0 Å². The fourth-order valence-corrected chi connectivity index (χ4v) is 4.43. The molecule has 2 aromatic heterocycles. The average molecular weight is 388 g/mol. The number of anilines is 1. The smallest absolute Gasteiger partial charge is 0.138 e. The number of hydrogen-bond donors (Lipinski definition) is 4. The first kappa shape index (κ1) is 18.2. The van der Waals surface area contributed by atoms with E-state index in [-0.39, 0.29) is 6.04 Å². The molecule has 1 saturated heterocycles. The van der Waals surface area contributed by atoms with E-state index in [0.717, 1.165) is 59.7 Å². The number of piperidine rings is 1. The number of nitrogens with zero attached hydrogens (tertiary/aromatic N) is 3. The number of aryl methyl sites for hydroxylation is 1. The van der Waals surface area contributed by atoms with Crippen LogP contribution in [0.3, 0.4) is 0 Å². The third-order valence-electron chi connectivity index (χ3n) is 4.94. The number of imidazole rings is 1. The second kappa shape index (κ2) is 7.12. The van der Waals surface area contributed by atoms with Crippen LogP contribution >= 0.6 is 10.8 Å². The highest BCUT2D eigenvalue weighted by atomic mass is 32.3. The first-order chi connectivity index (χ1) is 12.9. The van der Waals surface area contributed by atoms with Gasteiger partial charge in [-0.15, -0.1) is 10.8 Å². The molecule has 0 unspecified atom stereocenters. The SMILES string of the molecule is Cc1cnc(N2CCC(NS(C)(O)O)CC2)cc1-c1nc2ccccc2[nH]1. The molecular weight excluding hydrogens is 362 g/mol. The van der Waals surface area contributed by atoms with E-state index in [9.17, 15) is 9.11 Å². The maximum absolute atomic E-state index is 9.60. The van der Waals surface area contributed by atoms with Crippen LogP contribution in [0.15, 0.2) is 36.5 Å². The monoisotopic (exact) mass is 387 g/mol. The number of aromatic nitrogens is 3. The van der Waals surface area contributed by atoms with Crippen molar-refractivity contribution in [2.45, 2.75) is 25.8 Å². The minimum absolute atomic E-state index is 0.122. The first-order valence-electron chi connectivity index (χ1n) is 9.06. The van der Waals surface area contributed by atoms with Crippen LogP contribution < -0.4 is 9.62 Å². The lowest BCUT2D eigenvalue weighted by atomic mass is 10.1. The van der Waals surface area contributed by atoms with Crippen molar-refractivity contribution in [2.75, 3.05) is 24.2 Å². The number of rotatable bonds is 4. The van der Waals surface area contributed by atoms with Crippen LogP contribution in [-0.4, -0.2) is 49.4 Å². The third kappa shape index (κ3) is 4.08. The highest BCUT2D eigenvalue weighted by Gasteiger charge is 2.23. The van der Waals surface area contributed by atoms with Crippen LogP contribution in [0, 0.1) is 6.92 Å². The summed E-state index contributed by atoms with van der Waals surface area (Å²) < 4.78 is 22.1. The maximum atomic E-state index is 9.60. The molecule has 8 heteroatoms. The Labute approximate surface area is 160 Å². The van der Waals surface area contributed by atoms with Gasteiger partial charge in [-0.3, -0.25) is 9.11 Å². The summed E-state index contributed by atoms with van der Waals surface area (Å²) in [6.45, 7) is 3.69. The maximum Gasteiger partial charge on any atom is 0.138 e. The molecule has 0 spiro atoms. The Morgan fingerprint density at radius 3 is 2.67 bits per heavy atom. The van der Waals surface area contributed by atoms with E-state index in [1.54, 1.807) is 0 Å². The van der Waals surface area contributed by atoms with E-state index >= 15 is 0 Å².